The van der Waals surface area contributed by atoms with Crippen LogP contribution in [0.15, 0.2) is 69.9 Å². The third kappa shape index (κ3) is 25.9. The van der Waals surface area contributed by atoms with Gasteiger partial charge in [-0.15, -0.1) is 0 Å². The normalized spacial score (nSPS) is 15.8. The number of rotatable bonds is 20. The quantitative estimate of drug-likeness (QED) is 0.0667. The van der Waals surface area contributed by atoms with Crippen molar-refractivity contribution < 1.29 is 30.6 Å². The average molecular weight is 593 g/mol. The Hall–Kier alpha value is -1.80. The lowest BCUT2D eigenvalue weighted by atomic mass is 10.0. The van der Waals surface area contributed by atoms with Crippen LogP contribution in [0.1, 0.15) is 120 Å². The van der Waals surface area contributed by atoms with E-state index in [-0.39, 0.29) is 0 Å². The Morgan fingerprint density at radius 2 is 0.643 bits per heavy atom. The lowest BCUT2D eigenvalue weighted by Gasteiger charge is -2.24. The molecule has 0 saturated heterocycles. The fourth-order valence-electron chi connectivity index (χ4n) is 4.01. The summed E-state index contributed by atoms with van der Waals surface area (Å²) in [5.41, 5.74) is 8.97. The smallest absolute Gasteiger partial charge is 0.111 e. The van der Waals surface area contributed by atoms with Crippen LogP contribution in [0.4, 0.5) is 0 Å². The molecule has 6 N–H and O–H groups in total. The highest BCUT2D eigenvalue weighted by Crippen LogP contribution is 2.14. The number of aliphatic hydroxyl groups is 6. The number of hydrogen-bond donors (Lipinski definition) is 6. The highest BCUT2D eigenvalue weighted by molar-refractivity contribution is 5.08. The Labute approximate surface area is 257 Å². The van der Waals surface area contributed by atoms with E-state index in [0.29, 0.717) is 0 Å². The molecular weight excluding hydrogens is 528 g/mol. The first kappa shape index (κ1) is 42.3. The van der Waals surface area contributed by atoms with E-state index in [9.17, 15) is 0 Å². The van der Waals surface area contributed by atoms with Gasteiger partial charge in [0.1, 0.15) is 24.4 Å². The predicted molar refractivity (Wildman–Crippen MR) is 178 cm³/mol. The second kappa shape index (κ2) is 26.8. The molecule has 0 bridgehead atoms. The lowest BCUT2D eigenvalue weighted by molar-refractivity contribution is -0.123. The topological polar surface area (TPSA) is 121 Å². The van der Waals surface area contributed by atoms with Crippen molar-refractivity contribution in [2.75, 3.05) is 13.2 Å². The summed E-state index contributed by atoms with van der Waals surface area (Å²) in [5, 5.41) is 52.2. The molecule has 6 heteroatoms. The van der Waals surface area contributed by atoms with Crippen LogP contribution in [-0.2, 0) is 0 Å². The fraction of sp³-hybridized carbons (Fsp3) is 0.667. The van der Waals surface area contributed by atoms with E-state index in [1.807, 2.05) is 0 Å². The lowest BCUT2D eigenvalue weighted by Crippen LogP contribution is -2.46. The zero-order valence-corrected chi connectivity index (χ0v) is 27.9. The van der Waals surface area contributed by atoms with Crippen LogP contribution in [-0.4, -0.2) is 68.3 Å². The van der Waals surface area contributed by atoms with Gasteiger partial charge in [0.15, 0.2) is 0 Å². The second-order valence-corrected chi connectivity index (χ2v) is 12.0. The van der Waals surface area contributed by atoms with E-state index in [1.165, 1.54) is 97.6 Å². The number of allylic oxidation sites excluding steroid dienone is 12. The van der Waals surface area contributed by atoms with E-state index in [2.05, 4.69) is 91.8 Å². The molecule has 0 rings (SSSR count). The van der Waals surface area contributed by atoms with Gasteiger partial charge in [0.2, 0.25) is 0 Å². The van der Waals surface area contributed by atoms with Crippen molar-refractivity contribution in [2.45, 2.75) is 144 Å². The highest BCUT2D eigenvalue weighted by atomic mass is 16.4. The molecule has 0 radical (unpaired) electrons. The zero-order chi connectivity index (χ0) is 32.5. The largest absolute Gasteiger partial charge is 0.394 e. The first-order valence-electron chi connectivity index (χ1n) is 15.6. The Kier molecular flexibility index (Phi) is 27.0. The molecule has 0 saturated carbocycles. The molecule has 4 atom stereocenters. The zero-order valence-electron chi connectivity index (χ0n) is 27.9. The summed E-state index contributed by atoms with van der Waals surface area (Å²) >= 11 is 0. The molecule has 0 aliphatic carbocycles. The van der Waals surface area contributed by atoms with E-state index >= 15 is 0 Å². The van der Waals surface area contributed by atoms with Gasteiger partial charge >= 0.3 is 0 Å². The summed E-state index contributed by atoms with van der Waals surface area (Å²) in [6.45, 7) is 16.4. The van der Waals surface area contributed by atoms with Crippen LogP contribution < -0.4 is 0 Å². The monoisotopic (exact) mass is 592 g/mol. The van der Waals surface area contributed by atoms with Crippen LogP contribution in [0.25, 0.3) is 0 Å². The molecule has 0 aromatic heterocycles. The van der Waals surface area contributed by atoms with Gasteiger partial charge < -0.3 is 30.6 Å². The summed E-state index contributed by atoms with van der Waals surface area (Å²) in [5.74, 6) is 0. The van der Waals surface area contributed by atoms with Crippen LogP contribution in [0.5, 0.6) is 0 Å². The highest BCUT2D eigenvalue weighted by Gasteiger charge is 2.29. The van der Waals surface area contributed by atoms with Crippen LogP contribution in [0.3, 0.4) is 0 Å². The van der Waals surface area contributed by atoms with Crippen molar-refractivity contribution in [3.05, 3.63) is 69.9 Å². The molecule has 0 heterocycles. The van der Waals surface area contributed by atoms with Gasteiger partial charge in [0.25, 0.3) is 0 Å². The molecule has 42 heavy (non-hydrogen) atoms. The minimum Gasteiger partial charge on any atom is -0.394 e. The third-order valence-corrected chi connectivity index (χ3v) is 6.91. The van der Waals surface area contributed by atoms with Gasteiger partial charge in [-0.25, -0.2) is 0 Å². The van der Waals surface area contributed by atoms with Gasteiger partial charge in [0, 0.05) is 0 Å². The molecule has 0 fully saturated rings. The maximum Gasteiger partial charge on any atom is 0.111 e. The molecule has 4 unspecified atom stereocenters. The second-order valence-electron chi connectivity index (χ2n) is 12.0. The summed E-state index contributed by atoms with van der Waals surface area (Å²) in [4.78, 5) is 0. The first-order valence-corrected chi connectivity index (χ1v) is 15.6. The van der Waals surface area contributed by atoms with Crippen LogP contribution >= 0.6 is 0 Å². The SMILES string of the molecule is CC(C)=CCC/C(C)=C/CC/C(C)=C/CC/C=C(\C)CC/C=C(\C)CCC=C(C)C.OCC(O)C(O)C(O)C(O)CO. The van der Waals surface area contributed by atoms with Crippen molar-refractivity contribution in [3.63, 3.8) is 0 Å². The summed E-state index contributed by atoms with van der Waals surface area (Å²) < 4.78 is 0. The number of hydrogen-bond acceptors (Lipinski definition) is 6. The van der Waals surface area contributed by atoms with E-state index in [0.717, 1.165) is 0 Å². The number of aliphatic hydroxyl groups excluding tert-OH is 6. The van der Waals surface area contributed by atoms with Crippen molar-refractivity contribution in [1.29, 1.82) is 0 Å². The van der Waals surface area contributed by atoms with Crippen LogP contribution in [0.2, 0.25) is 0 Å². The maximum atomic E-state index is 8.96. The standard InChI is InChI=1S/C30H50.C6H14O6/c1-25(2)15-11-19-29(7)23-13-21-27(5)17-9-10-18-28(6)22-14-24-30(8)20-12-16-26(3)4;7-1-3(9)5(11)6(12)4(10)2-8/h15-18,23-24H,9-14,19-22H2,1-8H3;3-12H,1-2H2/b27-17+,28-18+,29-23+,30-24+;. The number of unbranched alkanes of at least 4 members (excludes halogenated alkanes) is 1. The average Bonchev–Trinajstić information content (AvgIpc) is 2.93. The van der Waals surface area contributed by atoms with Gasteiger partial charge in [0.05, 0.1) is 13.2 Å². The van der Waals surface area contributed by atoms with E-state index in [1.54, 1.807) is 0 Å². The van der Waals surface area contributed by atoms with E-state index in [4.69, 9.17) is 30.6 Å². The van der Waals surface area contributed by atoms with Gasteiger partial charge in [-0.3, -0.25) is 0 Å². The summed E-state index contributed by atoms with van der Waals surface area (Å²) in [6.07, 6.45) is 19.8. The van der Waals surface area contributed by atoms with Gasteiger partial charge in [-0.1, -0.05) is 69.9 Å². The Balaban J connectivity index is 0. The molecule has 244 valence electrons. The Morgan fingerprint density at radius 3 is 0.881 bits per heavy atom. The van der Waals surface area contributed by atoms with Crippen molar-refractivity contribution >= 4 is 0 Å². The third-order valence-electron chi connectivity index (χ3n) is 6.91. The molecule has 0 aromatic rings. The molecule has 0 spiro atoms. The van der Waals surface area contributed by atoms with Crippen molar-refractivity contribution in [1.82, 2.24) is 0 Å². The molecule has 6 nitrogen and oxygen atoms in total. The molecule has 0 amide bonds. The molecule has 0 aliphatic heterocycles. The van der Waals surface area contributed by atoms with Gasteiger partial charge in [-0.05, 0) is 120 Å². The first-order chi connectivity index (χ1) is 19.7. The molecule has 0 aliphatic rings. The van der Waals surface area contributed by atoms with Crippen molar-refractivity contribution in [2.24, 2.45) is 0 Å². The summed E-state index contributed by atoms with van der Waals surface area (Å²) in [6, 6.07) is 0. The van der Waals surface area contributed by atoms with E-state index < -0.39 is 37.6 Å². The molecule has 0 aromatic carbocycles. The predicted octanol–water partition coefficient (Wildman–Crippen LogP) is 7.02. The fourth-order valence-corrected chi connectivity index (χ4v) is 4.01. The minimum atomic E-state index is -1.67. The summed E-state index contributed by atoms with van der Waals surface area (Å²) in [7, 11) is 0. The van der Waals surface area contributed by atoms with Gasteiger partial charge in [-0.2, -0.15) is 0 Å². The maximum absolute atomic E-state index is 8.96. The van der Waals surface area contributed by atoms with Crippen LogP contribution in [0, 0.1) is 0 Å². The van der Waals surface area contributed by atoms with Crippen molar-refractivity contribution in [3.8, 4) is 0 Å². The minimum absolute atomic E-state index is 0.726. The Bertz CT molecular complexity index is 797. The molecular formula is C36H64O6. The Morgan fingerprint density at radius 1 is 0.405 bits per heavy atom.